The Bertz CT molecular complexity index is 580. The van der Waals surface area contributed by atoms with Gasteiger partial charge < -0.3 is 14.3 Å². The van der Waals surface area contributed by atoms with E-state index in [0.29, 0.717) is 17.8 Å². The molecule has 0 spiro atoms. The van der Waals surface area contributed by atoms with Crippen molar-refractivity contribution in [3.05, 3.63) is 30.0 Å². The van der Waals surface area contributed by atoms with Gasteiger partial charge in [-0.3, -0.25) is 4.79 Å². The molecule has 1 heterocycles. The predicted octanol–water partition coefficient (Wildman–Crippen LogP) is 3.09. The summed E-state index contributed by atoms with van der Waals surface area (Å²) in [6.45, 7) is 3.36. The topological polar surface area (TPSA) is 59.7 Å². The van der Waals surface area contributed by atoms with E-state index < -0.39 is 11.4 Å². The van der Waals surface area contributed by atoms with Gasteiger partial charge in [-0.25, -0.2) is 0 Å². The molecule has 1 aromatic carbocycles. The molecule has 0 fully saturated rings. The molecule has 0 unspecified atom stereocenters. The highest BCUT2D eigenvalue weighted by Crippen LogP contribution is 2.31. The van der Waals surface area contributed by atoms with Gasteiger partial charge in [0.1, 0.15) is 17.1 Å². The number of aliphatic carboxylic acids is 1. The van der Waals surface area contributed by atoms with Crippen LogP contribution < -0.4 is 4.74 Å². The molecule has 0 aliphatic heterocycles. The molecule has 2 aromatic rings. The molecule has 0 atom stereocenters. The lowest BCUT2D eigenvalue weighted by molar-refractivity contribution is -0.147. The Balaban J connectivity index is 2.39. The number of hydrogen-bond acceptors (Lipinski definition) is 3. The van der Waals surface area contributed by atoms with Crippen LogP contribution in [0.5, 0.6) is 5.75 Å². The number of carbonyl (C=O) groups is 1. The van der Waals surface area contributed by atoms with Crippen LogP contribution in [0.3, 0.4) is 0 Å². The van der Waals surface area contributed by atoms with Crippen LogP contribution in [-0.2, 0) is 11.2 Å². The van der Waals surface area contributed by atoms with Crippen molar-refractivity contribution in [2.45, 2.75) is 20.3 Å². The standard InChI is InChI=1S/C14H16O4/c1-14(2,13(15)16)8-9-7-10-11(17-3)5-4-6-12(10)18-9/h4-7H,8H2,1-3H3,(H,15,16). The average Bonchev–Trinajstić information content (AvgIpc) is 2.69. The molecule has 4 heteroatoms. The maximum absolute atomic E-state index is 11.1. The van der Waals surface area contributed by atoms with E-state index in [1.807, 2.05) is 24.3 Å². The molecule has 0 aliphatic carbocycles. The number of fused-ring (bicyclic) bond motifs is 1. The zero-order chi connectivity index (χ0) is 13.3. The first kappa shape index (κ1) is 12.5. The molecule has 2 rings (SSSR count). The summed E-state index contributed by atoms with van der Waals surface area (Å²) in [5.74, 6) is 0.549. The van der Waals surface area contributed by atoms with Crippen LogP contribution in [0.1, 0.15) is 19.6 Å². The molecule has 0 bridgehead atoms. The van der Waals surface area contributed by atoms with Crippen molar-refractivity contribution < 1.29 is 19.1 Å². The highest BCUT2D eigenvalue weighted by atomic mass is 16.5. The SMILES string of the molecule is COc1cccc2oc(CC(C)(C)C(=O)O)cc12. The second-order valence-electron chi connectivity index (χ2n) is 4.95. The Morgan fingerprint density at radius 1 is 1.44 bits per heavy atom. The second-order valence-corrected chi connectivity index (χ2v) is 4.95. The maximum Gasteiger partial charge on any atom is 0.309 e. The number of ether oxygens (including phenoxy) is 1. The fraction of sp³-hybridized carbons (Fsp3) is 0.357. The van der Waals surface area contributed by atoms with E-state index in [1.165, 1.54) is 0 Å². The van der Waals surface area contributed by atoms with E-state index in [1.54, 1.807) is 21.0 Å². The van der Waals surface area contributed by atoms with Gasteiger partial charge >= 0.3 is 5.97 Å². The number of benzene rings is 1. The van der Waals surface area contributed by atoms with E-state index in [-0.39, 0.29) is 0 Å². The third-order valence-corrected chi connectivity index (χ3v) is 2.99. The number of hydrogen-bond donors (Lipinski definition) is 1. The number of furan rings is 1. The van der Waals surface area contributed by atoms with Gasteiger partial charge in [0.2, 0.25) is 0 Å². The van der Waals surface area contributed by atoms with Crippen molar-refractivity contribution in [2.75, 3.05) is 7.11 Å². The predicted molar refractivity (Wildman–Crippen MR) is 67.9 cm³/mol. The highest BCUT2D eigenvalue weighted by molar-refractivity contribution is 5.85. The number of rotatable bonds is 4. The number of carboxylic acid groups (broad SMARTS) is 1. The summed E-state index contributed by atoms with van der Waals surface area (Å²) < 4.78 is 10.9. The molecular formula is C14H16O4. The third-order valence-electron chi connectivity index (χ3n) is 2.99. The van der Waals surface area contributed by atoms with Gasteiger partial charge in [0, 0.05) is 6.42 Å². The van der Waals surface area contributed by atoms with E-state index in [9.17, 15) is 4.79 Å². The Kier molecular flexibility index (Phi) is 3.03. The lowest BCUT2D eigenvalue weighted by Crippen LogP contribution is -2.25. The molecule has 0 saturated heterocycles. The molecule has 96 valence electrons. The zero-order valence-corrected chi connectivity index (χ0v) is 10.7. The minimum atomic E-state index is -0.846. The van der Waals surface area contributed by atoms with Crippen LogP contribution in [0, 0.1) is 5.41 Å². The van der Waals surface area contributed by atoms with Crippen LogP contribution in [0.25, 0.3) is 11.0 Å². The lowest BCUT2D eigenvalue weighted by Gasteiger charge is -2.16. The minimum absolute atomic E-state index is 0.347. The number of methoxy groups -OCH3 is 1. The van der Waals surface area contributed by atoms with Crippen molar-refractivity contribution >= 4 is 16.9 Å². The maximum atomic E-state index is 11.1. The van der Waals surface area contributed by atoms with Crippen molar-refractivity contribution in [3.63, 3.8) is 0 Å². The summed E-state index contributed by atoms with van der Waals surface area (Å²) in [5, 5.41) is 9.98. The molecular weight excluding hydrogens is 232 g/mol. The molecule has 0 radical (unpaired) electrons. The van der Waals surface area contributed by atoms with Gasteiger partial charge in [-0.05, 0) is 32.0 Å². The Morgan fingerprint density at radius 3 is 2.78 bits per heavy atom. The van der Waals surface area contributed by atoms with Gasteiger partial charge in [-0.1, -0.05) is 6.07 Å². The largest absolute Gasteiger partial charge is 0.496 e. The van der Waals surface area contributed by atoms with Gasteiger partial charge in [-0.15, -0.1) is 0 Å². The monoisotopic (exact) mass is 248 g/mol. The Morgan fingerprint density at radius 2 is 2.17 bits per heavy atom. The quantitative estimate of drug-likeness (QED) is 0.903. The first-order chi connectivity index (χ1) is 8.44. The first-order valence-electron chi connectivity index (χ1n) is 5.73. The average molecular weight is 248 g/mol. The zero-order valence-electron chi connectivity index (χ0n) is 10.7. The molecule has 0 amide bonds. The summed E-state index contributed by atoms with van der Waals surface area (Å²) in [5.41, 5.74) is -0.133. The lowest BCUT2D eigenvalue weighted by atomic mass is 9.88. The van der Waals surface area contributed by atoms with Crippen molar-refractivity contribution in [1.29, 1.82) is 0 Å². The van der Waals surface area contributed by atoms with Gasteiger partial charge in [0.25, 0.3) is 0 Å². The summed E-state index contributed by atoms with van der Waals surface area (Å²) in [7, 11) is 1.60. The van der Waals surface area contributed by atoms with E-state index in [4.69, 9.17) is 14.3 Å². The normalized spacial score (nSPS) is 11.7. The molecule has 0 saturated carbocycles. The van der Waals surface area contributed by atoms with Crippen LogP contribution >= 0.6 is 0 Å². The van der Waals surface area contributed by atoms with E-state index >= 15 is 0 Å². The van der Waals surface area contributed by atoms with Crippen LogP contribution in [-0.4, -0.2) is 18.2 Å². The molecule has 4 nitrogen and oxygen atoms in total. The van der Waals surface area contributed by atoms with Crippen molar-refractivity contribution in [1.82, 2.24) is 0 Å². The minimum Gasteiger partial charge on any atom is -0.496 e. The second kappa shape index (κ2) is 4.37. The Hall–Kier alpha value is -1.97. The van der Waals surface area contributed by atoms with Crippen LogP contribution in [0.15, 0.2) is 28.7 Å². The van der Waals surface area contributed by atoms with Crippen molar-refractivity contribution in [3.8, 4) is 5.75 Å². The smallest absolute Gasteiger partial charge is 0.309 e. The molecule has 1 aromatic heterocycles. The third kappa shape index (κ3) is 2.18. The first-order valence-corrected chi connectivity index (χ1v) is 5.73. The summed E-state index contributed by atoms with van der Waals surface area (Å²) >= 11 is 0. The number of carboxylic acids is 1. The van der Waals surface area contributed by atoms with Crippen LogP contribution in [0.4, 0.5) is 0 Å². The van der Waals surface area contributed by atoms with Crippen LogP contribution in [0.2, 0.25) is 0 Å². The van der Waals surface area contributed by atoms with Gasteiger partial charge in [0.15, 0.2) is 0 Å². The molecule has 18 heavy (non-hydrogen) atoms. The van der Waals surface area contributed by atoms with E-state index in [2.05, 4.69) is 0 Å². The van der Waals surface area contributed by atoms with Gasteiger partial charge in [0.05, 0.1) is 17.9 Å². The summed E-state index contributed by atoms with van der Waals surface area (Å²) in [6, 6.07) is 7.38. The van der Waals surface area contributed by atoms with Gasteiger partial charge in [-0.2, -0.15) is 0 Å². The van der Waals surface area contributed by atoms with E-state index in [0.717, 1.165) is 11.1 Å². The Labute approximate surface area is 105 Å². The molecule has 0 aliphatic rings. The summed E-state index contributed by atoms with van der Waals surface area (Å²) in [6.07, 6.45) is 0.347. The fourth-order valence-corrected chi connectivity index (χ4v) is 1.86. The highest BCUT2D eigenvalue weighted by Gasteiger charge is 2.29. The fourth-order valence-electron chi connectivity index (χ4n) is 1.86. The van der Waals surface area contributed by atoms with Crippen molar-refractivity contribution in [2.24, 2.45) is 5.41 Å². The molecule has 1 N–H and O–H groups in total. The summed E-state index contributed by atoms with van der Waals surface area (Å²) in [4.78, 5) is 11.1.